The third-order valence-electron chi connectivity index (χ3n) is 4.91. The van der Waals surface area contributed by atoms with E-state index in [2.05, 4.69) is 10.6 Å². The Labute approximate surface area is 201 Å². The maximum Gasteiger partial charge on any atom is 0.271 e. The van der Waals surface area contributed by atoms with Gasteiger partial charge in [-0.05, 0) is 48.0 Å². The quantitative estimate of drug-likeness (QED) is 0.273. The molecule has 0 bridgehead atoms. The average molecular weight is 498 g/mol. The molecule has 35 heavy (non-hydrogen) atoms. The van der Waals surface area contributed by atoms with Gasteiger partial charge in [-0.25, -0.2) is 12.8 Å². The molecule has 9 nitrogen and oxygen atoms in total. The SMILES string of the molecule is C#CCN(Cc1ccc(F)cc1)C(=O)c1ccc(S(=O)(=O)Nc2cc([N+](=O)[O-])ccc2OC)cc1. The summed E-state index contributed by atoms with van der Waals surface area (Å²) in [5, 5.41) is 11.0. The number of non-ortho nitro benzene ring substituents is 1. The van der Waals surface area contributed by atoms with Crippen molar-refractivity contribution in [3.63, 3.8) is 0 Å². The zero-order valence-electron chi connectivity index (χ0n) is 18.5. The molecular formula is C24H20FN3O6S. The fraction of sp³-hybridized carbons (Fsp3) is 0.125. The highest BCUT2D eigenvalue weighted by molar-refractivity contribution is 7.92. The van der Waals surface area contributed by atoms with Gasteiger partial charge in [0.05, 0.1) is 29.2 Å². The number of nitrogens with zero attached hydrogens (tertiary/aromatic N) is 2. The predicted molar refractivity (Wildman–Crippen MR) is 127 cm³/mol. The molecule has 1 amide bonds. The van der Waals surface area contributed by atoms with Crippen molar-refractivity contribution in [1.82, 2.24) is 4.90 Å². The van der Waals surface area contributed by atoms with Gasteiger partial charge in [0, 0.05) is 24.2 Å². The van der Waals surface area contributed by atoms with Crippen LogP contribution < -0.4 is 9.46 Å². The highest BCUT2D eigenvalue weighted by Gasteiger charge is 2.21. The molecule has 0 saturated carbocycles. The smallest absolute Gasteiger partial charge is 0.271 e. The van der Waals surface area contributed by atoms with E-state index in [-0.39, 0.29) is 40.7 Å². The van der Waals surface area contributed by atoms with E-state index >= 15 is 0 Å². The zero-order valence-corrected chi connectivity index (χ0v) is 19.3. The number of terminal acetylenes is 1. The van der Waals surface area contributed by atoms with E-state index in [0.717, 1.165) is 6.07 Å². The molecule has 0 aliphatic rings. The Morgan fingerprint density at radius 1 is 1.14 bits per heavy atom. The van der Waals surface area contributed by atoms with Crippen LogP contribution in [0.1, 0.15) is 15.9 Å². The molecule has 3 rings (SSSR count). The second-order valence-corrected chi connectivity index (χ2v) is 8.95. The molecule has 3 aromatic carbocycles. The first kappa shape index (κ1) is 25.2. The first-order valence-electron chi connectivity index (χ1n) is 10.1. The summed E-state index contributed by atoms with van der Waals surface area (Å²) >= 11 is 0. The van der Waals surface area contributed by atoms with E-state index in [1.807, 2.05) is 0 Å². The minimum Gasteiger partial charge on any atom is -0.495 e. The summed E-state index contributed by atoms with van der Waals surface area (Å²) in [6.45, 7) is 0.127. The molecule has 0 heterocycles. The van der Waals surface area contributed by atoms with Crippen molar-refractivity contribution in [2.24, 2.45) is 0 Å². The number of anilines is 1. The molecule has 0 atom stereocenters. The van der Waals surface area contributed by atoms with Crippen LogP contribution in [0.3, 0.4) is 0 Å². The molecule has 0 unspecified atom stereocenters. The number of amides is 1. The van der Waals surface area contributed by atoms with Gasteiger partial charge >= 0.3 is 0 Å². The number of nitro groups is 1. The summed E-state index contributed by atoms with van der Waals surface area (Å²) in [4.78, 5) is 24.5. The van der Waals surface area contributed by atoms with Gasteiger partial charge in [0.15, 0.2) is 0 Å². The first-order chi connectivity index (χ1) is 16.6. The maximum absolute atomic E-state index is 13.2. The van der Waals surface area contributed by atoms with Gasteiger partial charge in [-0.15, -0.1) is 6.42 Å². The van der Waals surface area contributed by atoms with Gasteiger partial charge in [0.2, 0.25) is 0 Å². The Morgan fingerprint density at radius 3 is 2.37 bits per heavy atom. The topological polar surface area (TPSA) is 119 Å². The Morgan fingerprint density at radius 2 is 1.80 bits per heavy atom. The molecule has 0 saturated heterocycles. The third kappa shape index (κ3) is 6.13. The fourth-order valence-corrected chi connectivity index (χ4v) is 4.23. The fourth-order valence-electron chi connectivity index (χ4n) is 3.17. The zero-order chi connectivity index (χ0) is 25.6. The number of nitrogens with one attached hydrogen (secondary N) is 1. The monoisotopic (exact) mass is 497 g/mol. The number of hydrogen-bond donors (Lipinski definition) is 1. The predicted octanol–water partition coefficient (Wildman–Crippen LogP) is 3.82. The number of hydrogen-bond acceptors (Lipinski definition) is 6. The normalized spacial score (nSPS) is 10.8. The summed E-state index contributed by atoms with van der Waals surface area (Å²) in [5.41, 5.74) is 0.430. The van der Waals surface area contributed by atoms with Crippen LogP contribution in [0.4, 0.5) is 15.8 Å². The van der Waals surface area contributed by atoms with Gasteiger partial charge in [0.25, 0.3) is 21.6 Å². The second kappa shape index (κ2) is 10.7. The number of ether oxygens (including phenoxy) is 1. The molecule has 0 aliphatic carbocycles. The Bertz CT molecular complexity index is 1380. The number of methoxy groups -OCH3 is 1. The van der Waals surface area contributed by atoms with E-state index in [1.165, 1.54) is 72.7 Å². The number of rotatable bonds is 9. The number of halogens is 1. The van der Waals surface area contributed by atoms with Crippen LogP contribution in [-0.2, 0) is 16.6 Å². The summed E-state index contributed by atoms with van der Waals surface area (Å²) in [7, 11) is -2.86. The van der Waals surface area contributed by atoms with Crippen molar-refractivity contribution in [3.8, 4) is 18.1 Å². The second-order valence-electron chi connectivity index (χ2n) is 7.26. The molecule has 0 spiro atoms. The van der Waals surface area contributed by atoms with Gasteiger partial charge < -0.3 is 9.64 Å². The van der Waals surface area contributed by atoms with Gasteiger partial charge in [0.1, 0.15) is 11.6 Å². The molecule has 0 fully saturated rings. The molecule has 11 heteroatoms. The van der Waals surface area contributed by atoms with Crippen molar-refractivity contribution in [2.45, 2.75) is 11.4 Å². The lowest BCUT2D eigenvalue weighted by atomic mass is 10.1. The Balaban J connectivity index is 1.82. The lowest BCUT2D eigenvalue weighted by molar-refractivity contribution is -0.384. The lowest BCUT2D eigenvalue weighted by Crippen LogP contribution is -2.31. The summed E-state index contributed by atoms with van der Waals surface area (Å²) in [6, 6.07) is 14.2. The highest BCUT2D eigenvalue weighted by atomic mass is 32.2. The van der Waals surface area contributed by atoms with Crippen molar-refractivity contribution in [3.05, 3.63) is 93.8 Å². The third-order valence-corrected chi connectivity index (χ3v) is 6.29. The lowest BCUT2D eigenvalue weighted by Gasteiger charge is -2.20. The number of benzene rings is 3. The molecule has 3 aromatic rings. The van der Waals surface area contributed by atoms with Crippen molar-refractivity contribution in [2.75, 3.05) is 18.4 Å². The first-order valence-corrected chi connectivity index (χ1v) is 11.6. The van der Waals surface area contributed by atoms with Gasteiger partial charge in [-0.3, -0.25) is 19.6 Å². The van der Waals surface area contributed by atoms with E-state index in [4.69, 9.17) is 11.2 Å². The molecule has 0 aliphatic heterocycles. The standard InChI is InChI=1S/C24H20FN3O6S/c1-3-14-27(16-17-4-8-19(25)9-5-17)24(29)18-6-11-21(12-7-18)35(32,33)26-22-15-20(28(30)31)10-13-23(22)34-2/h1,4-13,15,26H,14,16H2,2H3. The summed E-state index contributed by atoms with van der Waals surface area (Å²) < 4.78 is 46.2. The summed E-state index contributed by atoms with van der Waals surface area (Å²) in [6.07, 6.45) is 5.39. The number of carbonyl (C=O) groups excluding carboxylic acids is 1. The van der Waals surface area contributed by atoms with Crippen molar-refractivity contribution in [1.29, 1.82) is 0 Å². The maximum atomic E-state index is 13.2. The van der Waals surface area contributed by atoms with Crippen LogP contribution in [0.15, 0.2) is 71.6 Å². The molecule has 1 N–H and O–H groups in total. The summed E-state index contributed by atoms with van der Waals surface area (Å²) in [5.74, 6) is 1.65. The van der Waals surface area contributed by atoms with Crippen LogP contribution in [0.5, 0.6) is 5.75 Å². The largest absolute Gasteiger partial charge is 0.495 e. The van der Waals surface area contributed by atoms with Crippen LogP contribution in [0.2, 0.25) is 0 Å². The van der Waals surface area contributed by atoms with Crippen molar-refractivity contribution < 1.29 is 27.3 Å². The molecule has 0 radical (unpaired) electrons. The minimum absolute atomic E-state index is 0.00953. The molecular weight excluding hydrogens is 477 g/mol. The van der Waals surface area contributed by atoms with Crippen molar-refractivity contribution >= 4 is 27.3 Å². The van der Waals surface area contributed by atoms with Gasteiger partial charge in [-0.2, -0.15) is 0 Å². The van der Waals surface area contributed by atoms with E-state index in [1.54, 1.807) is 0 Å². The van der Waals surface area contributed by atoms with E-state index in [0.29, 0.717) is 5.56 Å². The number of sulfonamides is 1. The van der Waals surface area contributed by atoms with E-state index < -0.39 is 26.7 Å². The van der Waals surface area contributed by atoms with E-state index in [9.17, 15) is 27.7 Å². The number of carbonyl (C=O) groups is 1. The van der Waals surface area contributed by atoms with Crippen LogP contribution in [0, 0.1) is 28.3 Å². The molecule has 0 aromatic heterocycles. The Hall–Kier alpha value is -4.43. The van der Waals surface area contributed by atoms with Crippen LogP contribution >= 0.6 is 0 Å². The minimum atomic E-state index is -4.16. The van der Waals surface area contributed by atoms with Gasteiger partial charge in [-0.1, -0.05) is 18.1 Å². The number of nitro benzene ring substituents is 1. The van der Waals surface area contributed by atoms with Crippen LogP contribution in [-0.4, -0.2) is 37.8 Å². The Kier molecular flexibility index (Phi) is 7.68. The average Bonchev–Trinajstić information content (AvgIpc) is 2.84. The highest BCUT2D eigenvalue weighted by Crippen LogP contribution is 2.31. The molecule has 180 valence electrons. The van der Waals surface area contributed by atoms with Crippen LogP contribution in [0.25, 0.3) is 0 Å².